The van der Waals surface area contributed by atoms with Crippen molar-refractivity contribution in [3.8, 4) is 0 Å². The number of nitrogens with zero attached hydrogens (tertiary/aromatic N) is 1. The maximum Gasteiger partial charge on any atom is 0.232 e. The summed E-state index contributed by atoms with van der Waals surface area (Å²) in [4.78, 5) is 24.1. The third-order valence-corrected chi connectivity index (χ3v) is 4.84. The highest BCUT2D eigenvalue weighted by Gasteiger charge is 2.32. The van der Waals surface area contributed by atoms with Gasteiger partial charge < -0.3 is 0 Å². The van der Waals surface area contributed by atoms with Gasteiger partial charge in [-0.15, -0.1) is 0 Å². The quantitative estimate of drug-likeness (QED) is 0.568. The van der Waals surface area contributed by atoms with Crippen molar-refractivity contribution in [1.82, 2.24) is 0 Å². The van der Waals surface area contributed by atoms with Gasteiger partial charge in [0.2, 0.25) is 10.0 Å². The van der Waals surface area contributed by atoms with Crippen LogP contribution in [-0.2, 0) is 14.8 Å². The Bertz CT molecular complexity index is 710. The van der Waals surface area contributed by atoms with Crippen LogP contribution < -0.4 is 4.31 Å². The molecule has 120 valence electrons. The van der Waals surface area contributed by atoms with Gasteiger partial charge in [0.15, 0.2) is 5.78 Å². The van der Waals surface area contributed by atoms with Crippen LogP contribution >= 0.6 is 0 Å². The number of hydrogen-bond donors (Lipinski definition) is 0. The van der Waals surface area contributed by atoms with E-state index in [1.165, 1.54) is 6.07 Å². The Kier molecular flexibility index (Phi) is 4.65. The zero-order valence-electron chi connectivity index (χ0n) is 12.5. The van der Waals surface area contributed by atoms with Gasteiger partial charge in [-0.25, -0.2) is 12.8 Å². The fraction of sp³-hybridized carbons (Fsp3) is 0.467. The zero-order valence-corrected chi connectivity index (χ0v) is 13.3. The molecule has 0 heterocycles. The molecule has 0 amide bonds. The first-order chi connectivity index (χ1) is 10.2. The molecule has 5 nitrogen and oxygen atoms in total. The first-order valence-corrected chi connectivity index (χ1v) is 8.92. The van der Waals surface area contributed by atoms with Gasteiger partial charge in [-0.05, 0) is 38.0 Å². The topological polar surface area (TPSA) is 71.5 Å². The predicted octanol–water partition coefficient (Wildman–Crippen LogP) is 2.16. The Balaban J connectivity index is 2.38. The Hall–Kier alpha value is -1.76. The molecule has 1 saturated carbocycles. The predicted molar refractivity (Wildman–Crippen MR) is 80.9 cm³/mol. The van der Waals surface area contributed by atoms with Crippen LogP contribution in [0.3, 0.4) is 0 Å². The van der Waals surface area contributed by atoms with Gasteiger partial charge in [0.25, 0.3) is 0 Å². The average molecular weight is 327 g/mol. The molecule has 2 rings (SSSR count). The fourth-order valence-corrected chi connectivity index (χ4v) is 3.31. The molecule has 22 heavy (non-hydrogen) atoms. The van der Waals surface area contributed by atoms with Crippen LogP contribution in [0.25, 0.3) is 0 Å². The van der Waals surface area contributed by atoms with Crippen LogP contribution in [0.2, 0.25) is 0 Å². The van der Waals surface area contributed by atoms with E-state index in [4.69, 9.17) is 0 Å². The number of halogens is 1. The van der Waals surface area contributed by atoms with Crippen LogP contribution in [-0.4, -0.2) is 32.8 Å². The van der Waals surface area contributed by atoms with Gasteiger partial charge >= 0.3 is 0 Å². The summed E-state index contributed by atoms with van der Waals surface area (Å²) in [5.74, 6) is -1.30. The second-order valence-corrected chi connectivity index (χ2v) is 7.34. The second kappa shape index (κ2) is 6.16. The highest BCUT2D eigenvalue weighted by Crippen LogP contribution is 2.32. The maximum absolute atomic E-state index is 13.5. The Morgan fingerprint density at radius 1 is 1.32 bits per heavy atom. The normalized spacial score (nSPS) is 14.7. The van der Waals surface area contributed by atoms with Crippen LogP contribution in [0.1, 0.15) is 36.5 Å². The van der Waals surface area contributed by atoms with Crippen molar-refractivity contribution in [1.29, 1.82) is 0 Å². The molecule has 0 spiro atoms. The second-order valence-electron chi connectivity index (χ2n) is 5.43. The first kappa shape index (κ1) is 16.6. The number of rotatable bonds is 7. The molecule has 0 atom stereocenters. The lowest BCUT2D eigenvalue weighted by Gasteiger charge is -2.23. The molecule has 1 fully saturated rings. The summed E-state index contributed by atoms with van der Waals surface area (Å²) in [5, 5.41) is 0. The largest absolute Gasteiger partial charge is 0.299 e. The minimum Gasteiger partial charge on any atom is -0.299 e. The van der Waals surface area contributed by atoms with Crippen molar-refractivity contribution in [2.24, 2.45) is 5.92 Å². The number of ketones is 2. The summed E-state index contributed by atoms with van der Waals surface area (Å²) in [6.07, 6.45) is 2.31. The van der Waals surface area contributed by atoms with E-state index < -0.39 is 21.6 Å². The molecule has 1 aromatic carbocycles. The van der Waals surface area contributed by atoms with Crippen molar-refractivity contribution in [2.45, 2.75) is 26.2 Å². The van der Waals surface area contributed by atoms with E-state index in [1.54, 1.807) is 6.92 Å². The molecule has 0 bridgehead atoms. The minimum atomic E-state index is -3.64. The summed E-state index contributed by atoms with van der Waals surface area (Å²) in [5.41, 5.74) is 0.0428. The van der Waals surface area contributed by atoms with Gasteiger partial charge in [-0.3, -0.25) is 13.9 Å². The van der Waals surface area contributed by atoms with Crippen LogP contribution in [0.4, 0.5) is 10.1 Å². The van der Waals surface area contributed by atoms with Gasteiger partial charge in [0.05, 0.1) is 18.4 Å². The lowest BCUT2D eigenvalue weighted by molar-refractivity contribution is -0.119. The Morgan fingerprint density at radius 3 is 2.45 bits per heavy atom. The van der Waals surface area contributed by atoms with E-state index in [0.29, 0.717) is 0 Å². The summed E-state index contributed by atoms with van der Waals surface area (Å²) < 4.78 is 38.1. The number of hydrogen-bond acceptors (Lipinski definition) is 4. The number of Topliss-reactive ketones (excluding diaryl/α,β-unsaturated/α-hetero) is 2. The monoisotopic (exact) mass is 327 g/mol. The molecule has 1 aliphatic rings. The summed E-state index contributed by atoms with van der Waals surface area (Å²) >= 11 is 0. The minimum absolute atomic E-state index is 0.0152. The van der Waals surface area contributed by atoms with Gasteiger partial charge in [0.1, 0.15) is 11.6 Å². The Morgan fingerprint density at radius 2 is 1.95 bits per heavy atom. The van der Waals surface area contributed by atoms with E-state index in [9.17, 15) is 22.4 Å². The number of anilines is 1. The third kappa shape index (κ3) is 3.71. The molecule has 7 heteroatoms. The number of benzene rings is 1. The molecule has 0 radical (unpaired) electrons. The highest BCUT2D eigenvalue weighted by molar-refractivity contribution is 7.92. The van der Waals surface area contributed by atoms with Crippen LogP contribution in [0.15, 0.2) is 18.2 Å². The lowest BCUT2D eigenvalue weighted by atomic mass is 10.0. The highest BCUT2D eigenvalue weighted by atomic mass is 32.2. The molecular weight excluding hydrogens is 309 g/mol. The number of sulfonamides is 1. The van der Waals surface area contributed by atoms with Gasteiger partial charge in [0, 0.05) is 18.0 Å². The summed E-state index contributed by atoms with van der Waals surface area (Å²) in [6, 6.07) is 3.34. The van der Waals surface area contributed by atoms with Crippen LogP contribution in [0, 0.1) is 11.7 Å². The standard InChI is InChI=1S/C15H18FNO4S/c1-3-17(22(2,20)21)13-8-11(16)6-7-12(13)15(19)9-14(18)10-4-5-10/h6-8,10H,3-5,9H2,1-2H3. The van der Waals surface area contributed by atoms with E-state index >= 15 is 0 Å². The summed E-state index contributed by atoms with van der Waals surface area (Å²) in [7, 11) is -3.64. The van der Waals surface area contributed by atoms with Gasteiger partial charge in [-0.1, -0.05) is 0 Å². The zero-order chi connectivity index (χ0) is 16.5. The molecule has 0 saturated heterocycles. The van der Waals surface area contributed by atoms with Crippen molar-refractivity contribution in [2.75, 3.05) is 17.1 Å². The average Bonchev–Trinajstić information content (AvgIpc) is 3.21. The molecule has 1 aliphatic carbocycles. The molecule has 0 aliphatic heterocycles. The Labute approximate surface area is 129 Å². The van der Waals surface area contributed by atoms with Gasteiger partial charge in [-0.2, -0.15) is 0 Å². The van der Waals surface area contributed by atoms with E-state index in [0.717, 1.165) is 35.5 Å². The lowest BCUT2D eigenvalue weighted by Crippen LogP contribution is -2.31. The van der Waals surface area contributed by atoms with Crippen LogP contribution in [0.5, 0.6) is 0 Å². The van der Waals surface area contributed by atoms with E-state index in [2.05, 4.69) is 0 Å². The van der Waals surface area contributed by atoms with Crippen molar-refractivity contribution < 1.29 is 22.4 Å². The smallest absolute Gasteiger partial charge is 0.232 e. The van der Waals surface area contributed by atoms with Crippen molar-refractivity contribution >= 4 is 27.3 Å². The third-order valence-electron chi connectivity index (χ3n) is 3.58. The molecular formula is C15H18FNO4S. The summed E-state index contributed by atoms with van der Waals surface area (Å²) in [6.45, 7) is 1.66. The first-order valence-electron chi connectivity index (χ1n) is 7.07. The van der Waals surface area contributed by atoms with Crippen molar-refractivity contribution in [3.63, 3.8) is 0 Å². The fourth-order valence-electron chi connectivity index (χ4n) is 2.33. The maximum atomic E-state index is 13.5. The molecule has 0 unspecified atom stereocenters. The molecule has 0 N–H and O–H groups in total. The molecule has 0 aromatic heterocycles. The number of carbonyl (C=O) groups is 2. The van der Waals surface area contributed by atoms with Crippen molar-refractivity contribution in [3.05, 3.63) is 29.6 Å². The van der Waals surface area contributed by atoms with E-state index in [1.807, 2.05) is 0 Å². The SMILES string of the molecule is CCN(c1cc(F)ccc1C(=O)CC(=O)C1CC1)S(C)(=O)=O. The van der Waals surface area contributed by atoms with E-state index in [-0.39, 0.29) is 35.9 Å². The number of carbonyl (C=O) groups excluding carboxylic acids is 2. The molecule has 1 aromatic rings.